The van der Waals surface area contributed by atoms with Crippen LogP contribution in [0, 0.1) is 6.92 Å². The maximum Gasteiger partial charge on any atom is 0.156 e. The van der Waals surface area contributed by atoms with Crippen molar-refractivity contribution in [1.29, 1.82) is 0 Å². The minimum absolute atomic E-state index is 0.0814. The van der Waals surface area contributed by atoms with Gasteiger partial charge in [0, 0.05) is 10.8 Å². The average molecular weight is 271 g/mol. The highest BCUT2D eigenvalue weighted by molar-refractivity contribution is 5.92. The monoisotopic (exact) mass is 271 g/mol. The van der Waals surface area contributed by atoms with Gasteiger partial charge in [-0.25, -0.2) is 0 Å². The number of benzene rings is 1. The number of hydrogen-bond acceptors (Lipinski definition) is 4. The Morgan fingerprint density at radius 3 is 2.65 bits per heavy atom. The molecule has 0 bridgehead atoms. The van der Waals surface area contributed by atoms with Gasteiger partial charge in [-0.05, 0) is 19.8 Å². The number of fused-ring (bicyclic) bond motifs is 1. The first-order valence-corrected chi connectivity index (χ1v) is 7.42. The van der Waals surface area contributed by atoms with Gasteiger partial charge < -0.3 is 10.4 Å². The summed E-state index contributed by atoms with van der Waals surface area (Å²) < 4.78 is 0. The van der Waals surface area contributed by atoms with Crippen LogP contribution >= 0.6 is 0 Å². The molecule has 1 heterocycles. The summed E-state index contributed by atoms with van der Waals surface area (Å²) in [4.78, 5) is 0. The number of nitrogens with one attached hydrogen (secondary N) is 1. The molecule has 3 rings (SSSR count). The lowest BCUT2D eigenvalue weighted by Crippen LogP contribution is -2.33. The number of aryl methyl sites for hydroxylation is 1. The van der Waals surface area contributed by atoms with Crippen LogP contribution in [0.25, 0.3) is 10.8 Å². The molecule has 4 nitrogen and oxygen atoms in total. The van der Waals surface area contributed by atoms with Gasteiger partial charge in [-0.15, -0.1) is 5.10 Å². The molecule has 4 heteroatoms. The van der Waals surface area contributed by atoms with E-state index >= 15 is 0 Å². The van der Waals surface area contributed by atoms with E-state index in [1.807, 2.05) is 19.1 Å². The van der Waals surface area contributed by atoms with Crippen LogP contribution in [-0.2, 0) is 0 Å². The summed E-state index contributed by atoms with van der Waals surface area (Å²) in [6.07, 6.45) is 5.04. The number of aliphatic hydroxyl groups excluding tert-OH is 1. The summed E-state index contributed by atoms with van der Waals surface area (Å²) in [5.41, 5.74) is 0.938. The van der Waals surface area contributed by atoms with Crippen molar-refractivity contribution in [2.45, 2.75) is 51.2 Å². The smallest absolute Gasteiger partial charge is 0.156 e. The van der Waals surface area contributed by atoms with Crippen LogP contribution in [0.4, 0.5) is 5.82 Å². The van der Waals surface area contributed by atoms with E-state index in [-0.39, 0.29) is 12.1 Å². The lowest BCUT2D eigenvalue weighted by molar-refractivity contribution is 0.144. The third-order valence-electron chi connectivity index (χ3n) is 4.17. The Balaban J connectivity index is 1.92. The van der Waals surface area contributed by atoms with Gasteiger partial charge in [-0.1, -0.05) is 43.5 Å². The van der Waals surface area contributed by atoms with Crippen molar-refractivity contribution in [2.75, 3.05) is 5.32 Å². The SMILES string of the molecule is Cc1nnc(NC2CCCCCC2O)c2ccccc12. The molecule has 2 unspecified atom stereocenters. The van der Waals surface area contributed by atoms with Crippen molar-refractivity contribution in [3.05, 3.63) is 30.0 Å². The van der Waals surface area contributed by atoms with E-state index in [9.17, 15) is 5.11 Å². The van der Waals surface area contributed by atoms with E-state index in [1.165, 1.54) is 6.42 Å². The van der Waals surface area contributed by atoms with Crippen LogP contribution in [0.2, 0.25) is 0 Å². The quantitative estimate of drug-likeness (QED) is 0.824. The molecule has 0 spiro atoms. The summed E-state index contributed by atoms with van der Waals surface area (Å²) in [5.74, 6) is 0.789. The van der Waals surface area contributed by atoms with Gasteiger partial charge in [0.2, 0.25) is 0 Å². The first kappa shape index (κ1) is 13.3. The molecule has 1 aliphatic carbocycles. The summed E-state index contributed by atoms with van der Waals surface area (Å²) >= 11 is 0. The van der Waals surface area contributed by atoms with Crippen LogP contribution in [0.3, 0.4) is 0 Å². The van der Waals surface area contributed by atoms with Crippen molar-refractivity contribution in [3.8, 4) is 0 Å². The molecule has 0 radical (unpaired) electrons. The van der Waals surface area contributed by atoms with Crippen molar-refractivity contribution in [3.63, 3.8) is 0 Å². The average Bonchev–Trinajstić information content (AvgIpc) is 2.67. The standard InChI is InChI=1S/C16H21N3O/c1-11-12-7-5-6-8-13(12)16(19-18-11)17-14-9-3-2-4-10-15(14)20/h5-8,14-15,20H,2-4,9-10H2,1H3,(H,17,19). The fourth-order valence-corrected chi connectivity index (χ4v) is 2.98. The first-order valence-electron chi connectivity index (χ1n) is 7.42. The molecule has 1 aromatic heterocycles. The van der Waals surface area contributed by atoms with Crippen LogP contribution < -0.4 is 5.32 Å². The van der Waals surface area contributed by atoms with Gasteiger partial charge >= 0.3 is 0 Å². The Bertz CT molecular complexity index is 599. The fraction of sp³-hybridized carbons (Fsp3) is 0.500. The predicted octanol–water partition coefficient (Wildman–Crippen LogP) is 3.04. The maximum atomic E-state index is 10.2. The molecule has 106 valence electrons. The van der Waals surface area contributed by atoms with Gasteiger partial charge in [0.15, 0.2) is 5.82 Å². The van der Waals surface area contributed by atoms with Crippen LogP contribution in [0.15, 0.2) is 24.3 Å². The summed E-state index contributed by atoms with van der Waals surface area (Å²) in [7, 11) is 0. The second-order valence-electron chi connectivity index (χ2n) is 5.64. The molecule has 1 saturated carbocycles. The maximum absolute atomic E-state index is 10.2. The van der Waals surface area contributed by atoms with E-state index in [0.717, 1.165) is 48.0 Å². The Hall–Kier alpha value is -1.68. The normalized spacial score (nSPS) is 23.5. The van der Waals surface area contributed by atoms with E-state index in [1.54, 1.807) is 0 Å². The number of aliphatic hydroxyl groups is 1. The lowest BCUT2D eigenvalue weighted by Gasteiger charge is -2.22. The highest BCUT2D eigenvalue weighted by Crippen LogP contribution is 2.26. The number of aromatic nitrogens is 2. The van der Waals surface area contributed by atoms with E-state index in [4.69, 9.17) is 0 Å². The fourth-order valence-electron chi connectivity index (χ4n) is 2.98. The van der Waals surface area contributed by atoms with E-state index in [2.05, 4.69) is 27.6 Å². The number of hydrogen-bond donors (Lipinski definition) is 2. The minimum atomic E-state index is -0.292. The molecule has 1 aliphatic rings. The van der Waals surface area contributed by atoms with Crippen molar-refractivity contribution < 1.29 is 5.11 Å². The lowest BCUT2D eigenvalue weighted by atomic mass is 10.1. The Kier molecular flexibility index (Phi) is 3.83. The molecule has 1 fully saturated rings. The summed E-state index contributed by atoms with van der Waals surface area (Å²) in [6, 6.07) is 8.23. The second kappa shape index (κ2) is 5.75. The Morgan fingerprint density at radius 1 is 1.05 bits per heavy atom. The molecule has 2 aromatic rings. The molecular formula is C16H21N3O. The van der Waals surface area contributed by atoms with Crippen LogP contribution in [0.1, 0.15) is 37.8 Å². The number of rotatable bonds is 2. The minimum Gasteiger partial charge on any atom is -0.391 e. The molecule has 2 atom stereocenters. The zero-order chi connectivity index (χ0) is 13.9. The third kappa shape index (κ3) is 2.61. The third-order valence-corrected chi connectivity index (χ3v) is 4.17. The van der Waals surface area contributed by atoms with Gasteiger partial charge in [0.05, 0.1) is 17.8 Å². The van der Waals surface area contributed by atoms with Gasteiger partial charge in [-0.3, -0.25) is 0 Å². The molecule has 0 saturated heterocycles. The molecule has 2 N–H and O–H groups in total. The number of anilines is 1. The van der Waals surface area contributed by atoms with Crippen molar-refractivity contribution in [2.24, 2.45) is 0 Å². The topological polar surface area (TPSA) is 58.0 Å². The highest BCUT2D eigenvalue weighted by Gasteiger charge is 2.22. The predicted molar refractivity (Wildman–Crippen MR) is 80.8 cm³/mol. The summed E-state index contributed by atoms with van der Waals surface area (Å²) in [5, 5.41) is 24.4. The molecular weight excluding hydrogens is 250 g/mol. The van der Waals surface area contributed by atoms with Crippen molar-refractivity contribution >= 4 is 16.6 Å². The van der Waals surface area contributed by atoms with E-state index in [0.29, 0.717) is 0 Å². The Morgan fingerprint density at radius 2 is 1.80 bits per heavy atom. The van der Waals surface area contributed by atoms with Crippen LogP contribution in [0.5, 0.6) is 0 Å². The largest absolute Gasteiger partial charge is 0.391 e. The van der Waals surface area contributed by atoms with Crippen molar-refractivity contribution in [1.82, 2.24) is 10.2 Å². The molecule has 1 aromatic carbocycles. The summed E-state index contributed by atoms with van der Waals surface area (Å²) in [6.45, 7) is 1.97. The Labute approximate surface area is 119 Å². The van der Waals surface area contributed by atoms with Gasteiger partial charge in [0.25, 0.3) is 0 Å². The molecule has 0 aliphatic heterocycles. The zero-order valence-corrected chi connectivity index (χ0v) is 11.8. The van der Waals surface area contributed by atoms with Gasteiger partial charge in [-0.2, -0.15) is 5.10 Å². The number of nitrogens with zero attached hydrogens (tertiary/aromatic N) is 2. The second-order valence-corrected chi connectivity index (χ2v) is 5.64. The van der Waals surface area contributed by atoms with E-state index < -0.39 is 0 Å². The molecule has 0 amide bonds. The first-order chi connectivity index (χ1) is 9.75. The zero-order valence-electron chi connectivity index (χ0n) is 11.8. The van der Waals surface area contributed by atoms with Gasteiger partial charge in [0.1, 0.15) is 0 Å². The highest BCUT2D eigenvalue weighted by atomic mass is 16.3. The van der Waals surface area contributed by atoms with Crippen LogP contribution in [-0.4, -0.2) is 27.4 Å². The molecule has 20 heavy (non-hydrogen) atoms.